The number of hydrogen-bond donors (Lipinski definition) is 0. The Morgan fingerprint density at radius 3 is 1.97 bits per heavy atom. The van der Waals surface area contributed by atoms with E-state index in [-0.39, 0.29) is 29.3 Å². The van der Waals surface area contributed by atoms with Crippen molar-refractivity contribution in [2.45, 2.75) is 18.5 Å². The van der Waals surface area contributed by atoms with Crippen molar-refractivity contribution in [3.05, 3.63) is 101 Å². The molecule has 174 valence electrons. The quantitative estimate of drug-likeness (QED) is 0.507. The van der Waals surface area contributed by atoms with E-state index in [2.05, 4.69) is 58.3 Å². The molecule has 2 aliphatic heterocycles. The Labute approximate surface area is 203 Å². The van der Waals surface area contributed by atoms with E-state index in [1.807, 2.05) is 12.1 Å². The van der Waals surface area contributed by atoms with E-state index in [1.165, 1.54) is 29.3 Å². The summed E-state index contributed by atoms with van der Waals surface area (Å²) in [6.07, 6.45) is 0.120. The van der Waals surface area contributed by atoms with Crippen LogP contribution in [0.25, 0.3) is 0 Å². The molecule has 2 heterocycles. The van der Waals surface area contributed by atoms with Crippen LogP contribution in [0.15, 0.2) is 78.9 Å². The zero-order valence-corrected chi connectivity index (χ0v) is 19.4. The maximum Gasteiger partial charge on any atom is 0.251 e. The standard InChI is InChI=1S/C27H25ClFN3O2/c28-22-17-21(11-12-23(22)29)32-25(33)18-24(27(32)34)30-13-15-31(16-14-30)26(19-7-3-1-4-8-19)20-9-5-2-6-10-20/h1-12,17,24,26H,13-16,18H2/t24-/m1/s1. The lowest BCUT2D eigenvalue weighted by molar-refractivity contribution is -0.123. The van der Waals surface area contributed by atoms with E-state index in [0.717, 1.165) is 18.0 Å². The topological polar surface area (TPSA) is 43.9 Å². The molecule has 2 amide bonds. The summed E-state index contributed by atoms with van der Waals surface area (Å²) in [5, 5.41) is -0.108. The number of hydrogen-bond acceptors (Lipinski definition) is 4. The van der Waals surface area contributed by atoms with Gasteiger partial charge in [0.15, 0.2) is 0 Å². The van der Waals surface area contributed by atoms with Crippen molar-refractivity contribution >= 4 is 29.1 Å². The number of nitrogens with zero attached hydrogens (tertiary/aromatic N) is 3. The van der Waals surface area contributed by atoms with Gasteiger partial charge in [-0.1, -0.05) is 72.3 Å². The Morgan fingerprint density at radius 2 is 1.41 bits per heavy atom. The number of carbonyl (C=O) groups is 2. The number of benzene rings is 3. The molecule has 3 aromatic carbocycles. The van der Waals surface area contributed by atoms with Crippen LogP contribution in [0, 0.1) is 5.82 Å². The SMILES string of the molecule is O=C1C[C@@H](N2CCN(C(c3ccccc3)c3ccccc3)CC2)C(=O)N1c1ccc(F)c(Cl)c1. The van der Waals surface area contributed by atoms with E-state index >= 15 is 0 Å². The normalized spacial score (nSPS) is 19.9. The molecule has 0 radical (unpaired) electrons. The first-order chi connectivity index (χ1) is 16.5. The number of piperazine rings is 1. The minimum Gasteiger partial charge on any atom is -0.290 e. The molecule has 2 aliphatic rings. The van der Waals surface area contributed by atoms with Gasteiger partial charge in [-0.2, -0.15) is 0 Å². The number of halogens is 2. The van der Waals surface area contributed by atoms with Gasteiger partial charge in [0.05, 0.1) is 29.2 Å². The van der Waals surface area contributed by atoms with E-state index in [4.69, 9.17) is 11.6 Å². The molecule has 5 rings (SSSR count). The zero-order valence-electron chi connectivity index (χ0n) is 18.6. The minimum atomic E-state index is -0.580. The molecular weight excluding hydrogens is 453 g/mol. The Hall–Kier alpha value is -3.06. The molecule has 0 aliphatic carbocycles. The number of imide groups is 1. The molecule has 0 bridgehead atoms. The molecule has 0 N–H and O–H groups in total. The monoisotopic (exact) mass is 477 g/mol. The highest BCUT2D eigenvalue weighted by Crippen LogP contribution is 2.32. The Balaban J connectivity index is 1.31. The number of amides is 2. The van der Waals surface area contributed by atoms with Crippen LogP contribution in [-0.4, -0.2) is 53.8 Å². The van der Waals surface area contributed by atoms with Crippen LogP contribution in [0.5, 0.6) is 0 Å². The van der Waals surface area contributed by atoms with Crippen molar-refractivity contribution in [3.63, 3.8) is 0 Å². The first kappa shape index (κ1) is 22.7. The average molecular weight is 478 g/mol. The van der Waals surface area contributed by atoms with Crippen molar-refractivity contribution < 1.29 is 14.0 Å². The number of rotatable bonds is 5. The molecule has 2 saturated heterocycles. The van der Waals surface area contributed by atoms with Crippen molar-refractivity contribution in [1.82, 2.24) is 9.80 Å². The summed E-state index contributed by atoms with van der Waals surface area (Å²) >= 11 is 5.88. The van der Waals surface area contributed by atoms with Gasteiger partial charge in [-0.15, -0.1) is 0 Å². The number of anilines is 1. The lowest BCUT2D eigenvalue weighted by Crippen LogP contribution is -2.53. The van der Waals surface area contributed by atoms with Gasteiger partial charge in [-0.05, 0) is 29.3 Å². The fraction of sp³-hybridized carbons (Fsp3) is 0.259. The Bertz CT molecular complexity index is 1140. The van der Waals surface area contributed by atoms with Gasteiger partial charge in [0, 0.05) is 26.2 Å². The van der Waals surface area contributed by atoms with E-state index in [1.54, 1.807) is 0 Å². The molecule has 0 saturated carbocycles. The van der Waals surface area contributed by atoms with Crippen molar-refractivity contribution in [2.24, 2.45) is 0 Å². The predicted molar refractivity (Wildman–Crippen MR) is 130 cm³/mol. The van der Waals surface area contributed by atoms with E-state index < -0.39 is 11.9 Å². The van der Waals surface area contributed by atoms with Crippen molar-refractivity contribution in [3.8, 4) is 0 Å². The van der Waals surface area contributed by atoms with Gasteiger partial charge >= 0.3 is 0 Å². The molecule has 2 fully saturated rings. The maximum atomic E-state index is 13.6. The summed E-state index contributed by atoms with van der Waals surface area (Å²) in [5.74, 6) is -1.14. The van der Waals surface area contributed by atoms with Crippen molar-refractivity contribution in [2.75, 3.05) is 31.1 Å². The summed E-state index contributed by atoms with van der Waals surface area (Å²) in [7, 11) is 0. The fourth-order valence-corrected chi connectivity index (χ4v) is 5.16. The zero-order chi connectivity index (χ0) is 23.7. The summed E-state index contributed by atoms with van der Waals surface area (Å²) in [4.78, 5) is 31.6. The van der Waals surface area contributed by atoms with Crippen LogP contribution in [0.1, 0.15) is 23.6 Å². The van der Waals surface area contributed by atoms with Gasteiger partial charge in [0.25, 0.3) is 5.91 Å². The van der Waals surface area contributed by atoms with E-state index in [0.29, 0.717) is 18.8 Å². The van der Waals surface area contributed by atoms with Gasteiger partial charge in [-0.3, -0.25) is 19.4 Å². The van der Waals surface area contributed by atoms with Crippen LogP contribution < -0.4 is 4.90 Å². The molecule has 5 nitrogen and oxygen atoms in total. The molecule has 34 heavy (non-hydrogen) atoms. The third-order valence-corrected chi connectivity index (χ3v) is 6.96. The summed E-state index contributed by atoms with van der Waals surface area (Å²) in [5.41, 5.74) is 2.78. The second-order valence-electron chi connectivity index (χ2n) is 8.68. The lowest BCUT2D eigenvalue weighted by atomic mass is 9.96. The second-order valence-corrected chi connectivity index (χ2v) is 9.09. The van der Waals surface area contributed by atoms with Crippen LogP contribution in [0.3, 0.4) is 0 Å². The fourth-order valence-electron chi connectivity index (χ4n) is 4.99. The first-order valence-electron chi connectivity index (χ1n) is 11.4. The maximum absolute atomic E-state index is 13.6. The van der Waals surface area contributed by atoms with Crippen molar-refractivity contribution in [1.29, 1.82) is 0 Å². The molecule has 0 unspecified atom stereocenters. The van der Waals surface area contributed by atoms with Gasteiger partial charge < -0.3 is 0 Å². The first-order valence-corrected chi connectivity index (χ1v) is 11.8. The molecule has 0 aromatic heterocycles. The highest BCUT2D eigenvalue weighted by molar-refractivity contribution is 6.31. The Kier molecular flexibility index (Phi) is 6.46. The third kappa shape index (κ3) is 4.37. The lowest BCUT2D eigenvalue weighted by Gasteiger charge is -2.41. The summed E-state index contributed by atoms with van der Waals surface area (Å²) in [6, 6.07) is 24.4. The molecule has 1 atom stereocenters. The molecular formula is C27H25ClFN3O2. The van der Waals surface area contributed by atoms with Gasteiger partial charge in [-0.25, -0.2) is 9.29 Å². The number of carbonyl (C=O) groups excluding carboxylic acids is 2. The van der Waals surface area contributed by atoms with Gasteiger partial charge in [0.2, 0.25) is 5.91 Å². The smallest absolute Gasteiger partial charge is 0.251 e. The molecule has 0 spiro atoms. The van der Waals surface area contributed by atoms with Gasteiger partial charge in [0.1, 0.15) is 5.82 Å². The highest BCUT2D eigenvalue weighted by atomic mass is 35.5. The predicted octanol–water partition coefficient (Wildman–Crippen LogP) is 4.52. The van der Waals surface area contributed by atoms with Crippen LogP contribution in [-0.2, 0) is 9.59 Å². The Morgan fingerprint density at radius 1 is 0.824 bits per heavy atom. The van der Waals surface area contributed by atoms with Crippen LogP contribution in [0.2, 0.25) is 5.02 Å². The average Bonchev–Trinajstić information content (AvgIpc) is 3.16. The van der Waals surface area contributed by atoms with Crippen LogP contribution >= 0.6 is 11.6 Å². The van der Waals surface area contributed by atoms with Crippen LogP contribution in [0.4, 0.5) is 10.1 Å². The highest BCUT2D eigenvalue weighted by Gasteiger charge is 2.44. The largest absolute Gasteiger partial charge is 0.290 e. The summed E-state index contributed by atoms with van der Waals surface area (Å²) < 4.78 is 13.6. The van der Waals surface area contributed by atoms with E-state index in [9.17, 15) is 14.0 Å². The summed E-state index contributed by atoms with van der Waals surface area (Å²) in [6.45, 7) is 2.90. The minimum absolute atomic E-state index is 0.108. The molecule has 7 heteroatoms. The second kappa shape index (κ2) is 9.66. The third-order valence-electron chi connectivity index (χ3n) is 6.67. The molecule has 3 aromatic rings.